The Morgan fingerprint density at radius 1 is 1.16 bits per heavy atom. The molecule has 19 heavy (non-hydrogen) atoms. The maximum Gasteiger partial charge on any atom is 0.261 e. The Morgan fingerprint density at radius 2 is 1.84 bits per heavy atom. The van der Waals surface area contributed by atoms with E-state index in [0.29, 0.717) is 35.4 Å². The highest BCUT2D eigenvalue weighted by Crippen LogP contribution is 2.50. The van der Waals surface area contributed by atoms with E-state index in [1.807, 2.05) is 12.1 Å². The molecule has 0 radical (unpaired) electrons. The molecule has 3 aliphatic rings. The van der Waals surface area contributed by atoms with Crippen molar-refractivity contribution >= 4 is 11.8 Å². The number of amides is 2. The lowest BCUT2D eigenvalue weighted by atomic mass is 10.1. The SMILES string of the molecule is O=C1c2ccccc2C(=O)N1CC1C2CCNCC21.[HH]. The molecular formula is C15H18N2O2. The molecule has 4 nitrogen and oxygen atoms in total. The average Bonchev–Trinajstić information content (AvgIpc) is 3.10. The molecule has 0 aromatic heterocycles. The number of carbonyl (C=O) groups is 2. The molecule has 2 fully saturated rings. The third-order valence-corrected chi connectivity index (χ3v) is 4.82. The van der Waals surface area contributed by atoms with Crippen LogP contribution < -0.4 is 5.32 Å². The van der Waals surface area contributed by atoms with Crippen LogP contribution in [0.4, 0.5) is 0 Å². The molecule has 4 rings (SSSR count). The molecule has 4 heteroatoms. The molecule has 3 unspecified atom stereocenters. The van der Waals surface area contributed by atoms with Crippen LogP contribution in [0.1, 0.15) is 28.6 Å². The summed E-state index contributed by atoms with van der Waals surface area (Å²) in [6.45, 7) is 2.71. The lowest BCUT2D eigenvalue weighted by Gasteiger charge is -2.13. The van der Waals surface area contributed by atoms with Crippen molar-refractivity contribution in [1.29, 1.82) is 0 Å². The zero-order valence-corrected chi connectivity index (χ0v) is 10.6. The molecule has 0 bridgehead atoms. The standard InChI is InChI=1S/C15H16N2O2.H2/c18-14-10-3-1-2-4-11(10)15(19)17(14)8-13-9-5-6-16-7-12(9)13;/h1-4,9,12-13,16H,5-8H2;1H. The van der Waals surface area contributed by atoms with E-state index in [-0.39, 0.29) is 13.2 Å². The Hall–Kier alpha value is -1.68. The van der Waals surface area contributed by atoms with Crippen LogP contribution in [0.15, 0.2) is 24.3 Å². The molecule has 2 amide bonds. The Morgan fingerprint density at radius 3 is 2.42 bits per heavy atom. The van der Waals surface area contributed by atoms with Crippen molar-refractivity contribution in [2.24, 2.45) is 17.8 Å². The Bertz CT molecular complexity index is 528. The number of fused-ring (bicyclic) bond motifs is 2. The molecule has 1 N–H and O–H groups in total. The van der Waals surface area contributed by atoms with Crippen LogP contribution in [0.25, 0.3) is 0 Å². The fourth-order valence-electron chi connectivity index (χ4n) is 3.68. The summed E-state index contributed by atoms with van der Waals surface area (Å²) < 4.78 is 0. The van der Waals surface area contributed by atoms with Crippen LogP contribution in [0.3, 0.4) is 0 Å². The highest BCUT2D eigenvalue weighted by molar-refractivity contribution is 6.21. The van der Waals surface area contributed by atoms with Crippen molar-refractivity contribution in [2.45, 2.75) is 6.42 Å². The second-order valence-corrected chi connectivity index (χ2v) is 5.75. The van der Waals surface area contributed by atoms with E-state index in [1.54, 1.807) is 12.1 Å². The smallest absolute Gasteiger partial charge is 0.261 e. The quantitative estimate of drug-likeness (QED) is 0.815. The van der Waals surface area contributed by atoms with Gasteiger partial charge in [-0.25, -0.2) is 0 Å². The average molecular weight is 258 g/mol. The summed E-state index contributed by atoms with van der Waals surface area (Å²) in [5.41, 5.74) is 1.13. The first-order valence-corrected chi connectivity index (χ1v) is 6.93. The van der Waals surface area contributed by atoms with Gasteiger partial charge in [-0.05, 0) is 49.4 Å². The summed E-state index contributed by atoms with van der Waals surface area (Å²) in [5, 5.41) is 3.38. The number of hydrogen-bond donors (Lipinski definition) is 1. The Labute approximate surface area is 113 Å². The maximum absolute atomic E-state index is 12.3. The first-order chi connectivity index (χ1) is 9.27. The topological polar surface area (TPSA) is 49.4 Å². The fourth-order valence-corrected chi connectivity index (χ4v) is 3.68. The maximum atomic E-state index is 12.3. The van der Waals surface area contributed by atoms with Gasteiger partial charge in [-0.3, -0.25) is 14.5 Å². The van der Waals surface area contributed by atoms with E-state index in [0.717, 1.165) is 13.1 Å². The van der Waals surface area contributed by atoms with Crippen molar-refractivity contribution in [1.82, 2.24) is 10.2 Å². The lowest BCUT2D eigenvalue weighted by molar-refractivity contribution is 0.0643. The molecular weight excluding hydrogens is 240 g/mol. The second-order valence-electron chi connectivity index (χ2n) is 5.75. The minimum atomic E-state index is -0.114. The van der Waals surface area contributed by atoms with Crippen LogP contribution >= 0.6 is 0 Å². The number of benzene rings is 1. The molecule has 1 saturated carbocycles. The predicted molar refractivity (Wildman–Crippen MR) is 71.9 cm³/mol. The number of carbonyl (C=O) groups excluding carboxylic acids is 2. The first-order valence-electron chi connectivity index (χ1n) is 6.93. The van der Waals surface area contributed by atoms with Gasteiger partial charge in [-0.15, -0.1) is 0 Å². The number of piperidine rings is 1. The monoisotopic (exact) mass is 258 g/mol. The largest absolute Gasteiger partial charge is 0.316 e. The minimum Gasteiger partial charge on any atom is -0.316 e. The van der Waals surface area contributed by atoms with Crippen LogP contribution in [0, 0.1) is 17.8 Å². The fraction of sp³-hybridized carbons (Fsp3) is 0.467. The molecule has 1 aromatic rings. The van der Waals surface area contributed by atoms with Gasteiger partial charge in [0.25, 0.3) is 11.8 Å². The third-order valence-electron chi connectivity index (χ3n) is 4.82. The van der Waals surface area contributed by atoms with Crippen molar-refractivity contribution in [3.8, 4) is 0 Å². The van der Waals surface area contributed by atoms with Crippen LogP contribution in [0.2, 0.25) is 0 Å². The molecule has 1 aromatic carbocycles. The van der Waals surface area contributed by atoms with Gasteiger partial charge in [0.05, 0.1) is 11.1 Å². The lowest BCUT2D eigenvalue weighted by Crippen LogP contribution is -2.32. The second kappa shape index (κ2) is 3.90. The van der Waals surface area contributed by atoms with Gasteiger partial charge in [0, 0.05) is 7.97 Å². The molecule has 3 atom stereocenters. The van der Waals surface area contributed by atoms with E-state index in [4.69, 9.17) is 0 Å². The normalized spacial score (nSPS) is 32.2. The van der Waals surface area contributed by atoms with Crippen molar-refractivity contribution in [3.05, 3.63) is 35.4 Å². The van der Waals surface area contributed by atoms with Crippen molar-refractivity contribution in [3.63, 3.8) is 0 Å². The third kappa shape index (κ3) is 1.56. The first kappa shape index (κ1) is 11.2. The number of nitrogens with one attached hydrogen (secondary N) is 1. The summed E-state index contributed by atoms with van der Waals surface area (Å²) in [5.74, 6) is 1.66. The Kier molecular flexibility index (Phi) is 2.30. The summed E-state index contributed by atoms with van der Waals surface area (Å²) >= 11 is 0. The minimum absolute atomic E-state index is 0. The van der Waals surface area contributed by atoms with Crippen molar-refractivity contribution in [2.75, 3.05) is 19.6 Å². The Balaban J connectivity index is 0.00000121. The van der Waals surface area contributed by atoms with Crippen molar-refractivity contribution < 1.29 is 11.0 Å². The van der Waals surface area contributed by atoms with E-state index in [9.17, 15) is 9.59 Å². The zero-order valence-electron chi connectivity index (χ0n) is 10.6. The van der Waals surface area contributed by atoms with Gasteiger partial charge in [-0.1, -0.05) is 12.1 Å². The van der Waals surface area contributed by atoms with Gasteiger partial charge in [0.1, 0.15) is 0 Å². The van der Waals surface area contributed by atoms with Gasteiger partial charge >= 0.3 is 0 Å². The van der Waals surface area contributed by atoms with Gasteiger partial charge in [0.15, 0.2) is 0 Å². The predicted octanol–water partition coefficient (Wildman–Crippen LogP) is 1.38. The van der Waals surface area contributed by atoms with E-state index < -0.39 is 0 Å². The molecule has 2 heterocycles. The number of nitrogens with zero attached hydrogens (tertiary/aromatic N) is 1. The van der Waals surface area contributed by atoms with E-state index in [1.165, 1.54) is 11.3 Å². The zero-order chi connectivity index (χ0) is 13.0. The highest BCUT2D eigenvalue weighted by Gasteiger charge is 2.53. The molecule has 1 aliphatic carbocycles. The molecule has 2 aliphatic heterocycles. The molecule has 1 saturated heterocycles. The van der Waals surface area contributed by atoms with Gasteiger partial charge < -0.3 is 5.32 Å². The van der Waals surface area contributed by atoms with Crippen LogP contribution in [-0.2, 0) is 0 Å². The summed E-state index contributed by atoms with van der Waals surface area (Å²) in [6, 6.07) is 7.12. The van der Waals surface area contributed by atoms with Crippen LogP contribution in [-0.4, -0.2) is 36.3 Å². The molecule has 100 valence electrons. The van der Waals surface area contributed by atoms with Gasteiger partial charge in [-0.2, -0.15) is 0 Å². The van der Waals surface area contributed by atoms with Gasteiger partial charge in [0.2, 0.25) is 0 Å². The van der Waals surface area contributed by atoms with E-state index in [2.05, 4.69) is 5.32 Å². The summed E-state index contributed by atoms with van der Waals surface area (Å²) in [6.07, 6.45) is 1.18. The summed E-state index contributed by atoms with van der Waals surface area (Å²) in [4.78, 5) is 26.0. The number of hydrogen-bond acceptors (Lipinski definition) is 3. The number of rotatable bonds is 2. The summed E-state index contributed by atoms with van der Waals surface area (Å²) in [7, 11) is 0. The highest BCUT2D eigenvalue weighted by atomic mass is 16.2. The molecule has 0 spiro atoms. The van der Waals surface area contributed by atoms with E-state index >= 15 is 0 Å². The van der Waals surface area contributed by atoms with Crippen LogP contribution in [0.5, 0.6) is 0 Å². The number of imide groups is 1.